The Morgan fingerprint density at radius 3 is 2.43 bits per heavy atom. The third-order valence-corrected chi connectivity index (χ3v) is 6.53. The molecule has 0 amide bonds. The van der Waals surface area contributed by atoms with E-state index in [-0.39, 0.29) is 24.5 Å². The molecule has 0 spiro atoms. The quantitative estimate of drug-likeness (QED) is 0.720. The van der Waals surface area contributed by atoms with Crippen molar-refractivity contribution in [2.75, 3.05) is 19.6 Å². The molecule has 3 aliphatic heterocycles. The Bertz CT molecular complexity index is 582. The third kappa shape index (κ3) is 2.94. The summed E-state index contributed by atoms with van der Waals surface area (Å²) in [5.74, 6) is 0.578. The van der Waals surface area contributed by atoms with Gasteiger partial charge in [0, 0.05) is 11.0 Å². The van der Waals surface area contributed by atoms with Gasteiger partial charge in [-0.25, -0.2) is 0 Å². The molecule has 4 aliphatic rings. The van der Waals surface area contributed by atoms with Gasteiger partial charge in [0.15, 0.2) is 0 Å². The van der Waals surface area contributed by atoms with Gasteiger partial charge in [-0.3, -0.25) is 9.69 Å². The van der Waals surface area contributed by atoms with Crippen LogP contribution >= 0.6 is 28.3 Å². The molecule has 3 heterocycles. The largest absolute Gasteiger partial charge is 0.460 e. The zero-order valence-electron chi connectivity index (χ0n) is 13.2. The standard InChI is InChI=1S/C18H22BrNO2.ClH/c19-15-5-2-1-4-14(15)18(8-3-9-18)17(21)22-16-12-20-10-6-13(16)7-11-20;/h1-2,4-5,13,16H,3,6-12H2;1H. The Kier molecular flexibility index (Phi) is 5.05. The summed E-state index contributed by atoms with van der Waals surface area (Å²) >= 11 is 3.62. The predicted molar refractivity (Wildman–Crippen MR) is 96.0 cm³/mol. The first kappa shape index (κ1) is 17.2. The number of halogens is 2. The van der Waals surface area contributed by atoms with Crippen molar-refractivity contribution >= 4 is 34.3 Å². The van der Waals surface area contributed by atoms with E-state index < -0.39 is 5.41 Å². The third-order valence-electron chi connectivity index (χ3n) is 5.84. The molecule has 3 nitrogen and oxygen atoms in total. The van der Waals surface area contributed by atoms with Crippen molar-refractivity contribution in [1.29, 1.82) is 0 Å². The fourth-order valence-corrected chi connectivity index (χ4v) is 4.92. The van der Waals surface area contributed by atoms with Crippen LogP contribution in [-0.2, 0) is 14.9 Å². The van der Waals surface area contributed by atoms with Crippen molar-refractivity contribution in [2.24, 2.45) is 5.92 Å². The van der Waals surface area contributed by atoms with Crippen LogP contribution in [0.2, 0.25) is 0 Å². The summed E-state index contributed by atoms with van der Waals surface area (Å²) < 4.78 is 7.07. The molecule has 1 unspecified atom stereocenters. The van der Waals surface area contributed by atoms with E-state index in [0.717, 1.165) is 35.8 Å². The maximum absolute atomic E-state index is 13.0. The van der Waals surface area contributed by atoms with E-state index >= 15 is 0 Å². The molecule has 5 rings (SSSR count). The van der Waals surface area contributed by atoms with Crippen LogP contribution in [0.5, 0.6) is 0 Å². The Morgan fingerprint density at radius 2 is 1.91 bits per heavy atom. The highest BCUT2D eigenvalue weighted by atomic mass is 79.9. The highest BCUT2D eigenvalue weighted by Crippen LogP contribution is 2.47. The lowest BCUT2D eigenvalue weighted by atomic mass is 9.64. The summed E-state index contributed by atoms with van der Waals surface area (Å²) in [5.41, 5.74) is 0.694. The molecule has 4 fully saturated rings. The second-order valence-corrected chi connectivity index (χ2v) is 7.85. The molecule has 0 aromatic heterocycles. The van der Waals surface area contributed by atoms with Crippen LogP contribution in [0.3, 0.4) is 0 Å². The summed E-state index contributed by atoms with van der Waals surface area (Å²) in [7, 11) is 0. The Labute approximate surface area is 152 Å². The highest BCUT2D eigenvalue weighted by molar-refractivity contribution is 9.10. The maximum atomic E-state index is 13.0. The number of fused-ring (bicyclic) bond motifs is 3. The summed E-state index contributed by atoms with van der Waals surface area (Å²) in [6, 6.07) is 8.11. The van der Waals surface area contributed by atoms with Crippen LogP contribution in [0.15, 0.2) is 28.7 Å². The molecule has 0 radical (unpaired) electrons. The molecule has 0 N–H and O–H groups in total. The van der Waals surface area contributed by atoms with Crippen LogP contribution in [0.1, 0.15) is 37.7 Å². The minimum absolute atomic E-state index is 0. The average molecular weight is 401 g/mol. The monoisotopic (exact) mass is 399 g/mol. The number of piperidine rings is 3. The first-order valence-corrected chi connectivity index (χ1v) is 9.17. The van der Waals surface area contributed by atoms with E-state index in [9.17, 15) is 4.79 Å². The van der Waals surface area contributed by atoms with Gasteiger partial charge >= 0.3 is 5.97 Å². The SMILES string of the molecule is Cl.O=C(OC1CN2CCC1CC2)C1(c2ccccc2Br)CCC1. The van der Waals surface area contributed by atoms with Gasteiger partial charge in [0.25, 0.3) is 0 Å². The van der Waals surface area contributed by atoms with Gasteiger partial charge in [-0.15, -0.1) is 12.4 Å². The molecule has 2 bridgehead atoms. The second kappa shape index (κ2) is 6.73. The van der Waals surface area contributed by atoms with Crippen LogP contribution in [0.4, 0.5) is 0 Å². The van der Waals surface area contributed by atoms with E-state index in [2.05, 4.69) is 26.9 Å². The molecule has 23 heavy (non-hydrogen) atoms. The van der Waals surface area contributed by atoms with Gasteiger partial charge in [0.2, 0.25) is 0 Å². The zero-order chi connectivity index (χ0) is 15.2. The molecule has 1 atom stereocenters. The Hall–Kier alpha value is -0.580. The lowest BCUT2D eigenvalue weighted by molar-refractivity contribution is -0.169. The Balaban J connectivity index is 0.00000156. The van der Waals surface area contributed by atoms with Crippen LogP contribution in [-0.4, -0.2) is 36.6 Å². The van der Waals surface area contributed by atoms with Crippen molar-refractivity contribution in [3.8, 4) is 0 Å². The van der Waals surface area contributed by atoms with E-state index in [1.807, 2.05) is 18.2 Å². The van der Waals surface area contributed by atoms with Crippen LogP contribution in [0, 0.1) is 5.92 Å². The number of nitrogens with zero attached hydrogens (tertiary/aromatic N) is 1. The van der Waals surface area contributed by atoms with Crippen molar-refractivity contribution in [3.05, 3.63) is 34.3 Å². The summed E-state index contributed by atoms with van der Waals surface area (Å²) in [6.45, 7) is 3.28. The number of ether oxygens (including phenoxy) is 1. The maximum Gasteiger partial charge on any atom is 0.316 e. The number of hydrogen-bond acceptors (Lipinski definition) is 3. The van der Waals surface area contributed by atoms with Crippen molar-refractivity contribution in [3.63, 3.8) is 0 Å². The fraction of sp³-hybridized carbons (Fsp3) is 0.611. The molecule has 1 aliphatic carbocycles. The number of carbonyl (C=O) groups is 1. The van der Waals surface area contributed by atoms with E-state index in [1.54, 1.807) is 0 Å². The molecular weight excluding hydrogens is 378 g/mol. The highest BCUT2D eigenvalue weighted by Gasteiger charge is 2.50. The molecule has 1 saturated carbocycles. The van der Waals surface area contributed by atoms with Gasteiger partial charge in [-0.05, 0) is 56.3 Å². The minimum Gasteiger partial charge on any atom is -0.460 e. The van der Waals surface area contributed by atoms with Crippen molar-refractivity contribution in [2.45, 2.75) is 43.6 Å². The number of hydrogen-bond donors (Lipinski definition) is 0. The van der Waals surface area contributed by atoms with E-state index in [4.69, 9.17) is 4.74 Å². The van der Waals surface area contributed by atoms with Gasteiger partial charge in [-0.2, -0.15) is 0 Å². The fourth-order valence-electron chi connectivity index (χ4n) is 4.26. The molecular formula is C18H23BrClNO2. The normalized spacial score (nSPS) is 30.9. The van der Waals surface area contributed by atoms with Gasteiger partial charge in [0.1, 0.15) is 6.10 Å². The van der Waals surface area contributed by atoms with Gasteiger partial charge in [0.05, 0.1) is 5.41 Å². The number of benzene rings is 1. The summed E-state index contributed by atoms with van der Waals surface area (Å²) in [6.07, 6.45) is 5.40. The lowest BCUT2D eigenvalue weighted by Gasteiger charge is -2.46. The molecule has 1 aromatic carbocycles. The first-order valence-electron chi connectivity index (χ1n) is 8.37. The molecule has 3 saturated heterocycles. The number of esters is 1. The smallest absolute Gasteiger partial charge is 0.316 e. The van der Waals surface area contributed by atoms with Gasteiger partial charge < -0.3 is 4.74 Å². The van der Waals surface area contributed by atoms with Crippen molar-refractivity contribution < 1.29 is 9.53 Å². The lowest BCUT2D eigenvalue weighted by Crippen LogP contribution is -2.54. The van der Waals surface area contributed by atoms with E-state index in [0.29, 0.717) is 5.92 Å². The summed E-state index contributed by atoms with van der Waals surface area (Å²) in [4.78, 5) is 15.4. The predicted octanol–water partition coefficient (Wildman–Crippen LogP) is 3.93. The number of carbonyl (C=O) groups excluding carboxylic acids is 1. The van der Waals surface area contributed by atoms with Crippen LogP contribution in [0.25, 0.3) is 0 Å². The van der Waals surface area contributed by atoms with Gasteiger partial charge in [-0.1, -0.05) is 40.5 Å². The Morgan fingerprint density at radius 1 is 1.22 bits per heavy atom. The van der Waals surface area contributed by atoms with Crippen molar-refractivity contribution in [1.82, 2.24) is 4.90 Å². The molecule has 1 aromatic rings. The molecule has 5 heteroatoms. The topological polar surface area (TPSA) is 29.5 Å². The number of rotatable bonds is 3. The molecule has 126 valence electrons. The summed E-state index contributed by atoms with van der Waals surface area (Å²) in [5, 5.41) is 0. The van der Waals surface area contributed by atoms with E-state index in [1.165, 1.54) is 25.9 Å². The average Bonchev–Trinajstić information content (AvgIpc) is 2.49. The first-order chi connectivity index (χ1) is 10.7. The van der Waals surface area contributed by atoms with Crippen LogP contribution < -0.4 is 0 Å². The minimum atomic E-state index is -0.411. The second-order valence-electron chi connectivity index (χ2n) is 7.00. The zero-order valence-corrected chi connectivity index (χ0v) is 15.6.